The first-order valence-electron chi connectivity index (χ1n) is 7.41. The van der Waals surface area contributed by atoms with E-state index in [1.165, 1.54) is 16.8 Å². The fourth-order valence-electron chi connectivity index (χ4n) is 2.50. The molecule has 2 nitrogen and oxygen atoms in total. The van der Waals surface area contributed by atoms with Gasteiger partial charge in [-0.2, -0.15) is 0 Å². The topological polar surface area (TPSA) is 29.3 Å². The van der Waals surface area contributed by atoms with Gasteiger partial charge in [-0.3, -0.25) is 0 Å². The third-order valence-corrected chi connectivity index (χ3v) is 4.08. The molecule has 0 aromatic heterocycles. The van der Waals surface area contributed by atoms with E-state index in [4.69, 9.17) is 5.73 Å². The molecule has 3 heteroatoms. The van der Waals surface area contributed by atoms with E-state index in [0.717, 1.165) is 17.4 Å². The molecule has 2 rings (SSSR count). The van der Waals surface area contributed by atoms with Crippen molar-refractivity contribution in [3.8, 4) is 0 Å². The first-order valence-corrected chi connectivity index (χ1v) is 8.20. The maximum Gasteiger partial charge on any atom is 0.0432 e. The second-order valence-electron chi connectivity index (χ2n) is 5.52. The minimum absolute atomic E-state index is 0.427. The average Bonchev–Trinajstić information content (AvgIpc) is 2.48. The number of anilines is 1. The van der Waals surface area contributed by atoms with Crippen molar-refractivity contribution in [1.82, 2.24) is 0 Å². The molecule has 0 fully saturated rings. The summed E-state index contributed by atoms with van der Waals surface area (Å²) in [5.41, 5.74) is 9.67. The summed E-state index contributed by atoms with van der Waals surface area (Å²) in [6.45, 7) is 6.05. The van der Waals surface area contributed by atoms with Crippen molar-refractivity contribution >= 4 is 21.6 Å². The summed E-state index contributed by atoms with van der Waals surface area (Å²) >= 11 is 3.59. The van der Waals surface area contributed by atoms with Crippen molar-refractivity contribution in [3.63, 3.8) is 0 Å². The molecule has 0 saturated carbocycles. The Balaban J connectivity index is 2.35. The molecular weight excluding hydrogens is 324 g/mol. The SMILES string of the molecule is CC(C)N(Cc1ccccc1)c1cc(Br)ccc1CCN. The lowest BCUT2D eigenvalue weighted by atomic mass is 10.1. The lowest BCUT2D eigenvalue weighted by molar-refractivity contribution is 0.678. The van der Waals surface area contributed by atoms with E-state index < -0.39 is 0 Å². The van der Waals surface area contributed by atoms with E-state index in [0.29, 0.717) is 12.6 Å². The standard InChI is InChI=1S/C18H23BrN2/c1-14(2)21(13-15-6-4-3-5-7-15)18-12-17(19)9-8-16(18)10-11-20/h3-9,12,14H,10-11,13,20H2,1-2H3. The number of benzene rings is 2. The third kappa shape index (κ3) is 4.32. The van der Waals surface area contributed by atoms with Crippen molar-refractivity contribution in [2.24, 2.45) is 5.73 Å². The number of nitrogens with zero attached hydrogens (tertiary/aromatic N) is 1. The normalized spacial score (nSPS) is 10.9. The van der Waals surface area contributed by atoms with Crippen LogP contribution in [0.15, 0.2) is 53.0 Å². The molecule has 0 spiro atoms. The predicted molar refractivity (Wildman–Crippen MR) is 94.7 cm³/mol. The van der Waals surface area contributed by atoms with Gasteiger partial charge in [-0.15, -0.1) is 0 Å². The molecule has 0 heterocycles. The molecule has 112 valence electrons. The first-order chi connectivity index (χ1) is 10.1. The van der Waals surface area contributed by atoms with Gasteiger partial charge in [0.05, 0.1) is 0 Å². The quantitative estimate of drug-likeness (QED) is 0.841. The van der Waals surface area contributed by atoms with Crippen LogP contribution in [0.5, 0.6) is 0 Å². The first kappa shape index (κ1) is 16.1. The average molecular weight is 347 g/mol. The van der Waals surface area contributed by atoms with Crippen LogP contribution in [0.2, 0.25) is 0 Å². The highest BCUT2D eigenvalue weighted by Crippen LogP contribution is 2.28. The maximum absolute atomic E-state index is 5.77. The van der Waals surface area contributed by atoms with Crippen molar-refractivity contribution in [3.05, 3.63) is 64.1 Å². The molecule has 0 saturated heterocycles. The highest BCUT2D eigenvalue weighted by molar-refractivity contribution is 9.10. The Morgan fingerprint density at radius 2 is 1.81 bits per heavy atom. The van der Waals surface area contributed by atoms with Gasteiger partial charge >= 0.3 is 0 Å². The van der Waals surface area contributed by atoms with E-state index in [2.05, 4.69) is 83.2 Å². The van der Waals surface area contributed by atoms with Crippen molar-refractivity contribution in [1.29, 1.82) is 0 Å². The Kier molecular flexibility index (Phi) is 5.83. The number of nitrogens with two attached hydrogens (primary N) is 1. The molecular formula is C18H23BrN2. The van der Waals surface area contributed by atoms with Crippen molar-refractivity contribution in [2.75, 3.05) is 11.4 Å². The summed E-state index contributed by atoms with van der Waals surface area (Å²) in [6.07, 6.45) is 0.903. The Hall–Kier alpha value is -1.32. The van der Waals surface area contributed by atoms with Crippen LogP contribution in [-0.2, 0) is 13.0 Å². The van der Waals surface area contributed by atoms with E-state index in [9.17, 15) is 0 Å². The molecule has 0 atom stereocenters. The van der Waals surface area contributed by atoms with Crippen LogP contribution in [-0.4, -0.2) is 12.6 Å². The minimum Gasteiger partial charge on any atom is -0.365 e. The molecule has 21 heavy (non-hydrogen) atoms. The fourth-order valence-corrected chi connectivity index (χ4v) is 2.85. The van der Waals surface area contributed by atoms with Crippen LogP contribution in [0.3, 0.4) is 0 Å². The van der Waals surface area contributed by atoms with Gasteiger partial charge in [0.2, 0.25) is 0 Å². The fraction of sp³-hybridized carbons (Fsp3) is 0.333. The molecule has 0 aliphatic carbocycles. The van der Waals surface area contributed by atoms with Gasteiger partial charge in [-0.05, 0) is 50.1 Å². The zero-order chi connectivity index (χ0) is 15.2. The zero-order valence-corrected chi connectivity index (χ0v) is 14.3. The maximum atomic E-state index is 5.77. The van der Waals surface area contributed by atoms with E-state index in [1.54, 1.807) is 0 Å². The molecule has 0 bridgehead atoms. The lowest BCUT2D eigenvalue weighted by Gasteiger charge is -2.31. The number of halogens is 1. The van der Waals surface area contributed by atoms with Crippen molar-refractivity contribution in [2.45, 2.75) is 32.9 Å². The highest BCUT2D eigenvalue weighted by Gasteiger charge is 2.15. The summed E-state index contributed by atoms with van der Waals surface area (Å²) < 4.78 is 1.11. The van der Waals surface area contributed by atoms with Crippen LogP contribution >= 0.6 is 15.9 Å². The molecule has 0 aliphatic heterocycles. The predicted octanol–water partition coefficient (Wildman–Crippen LogP) is 4.37. The van der Waals surface area contributed by atoms with Crippen LogP contribution in [0.4, 0.5) is 5.69 Å². The smallest absolute Gasteiger partial charge is 0.0432 e. The van der Waals surface area contributed by atoms with Crippen LogP contribution in [0, 0.1) is 0 Å². The van der Waals surface area contributed by atoms with E-state index >= 15 is 0 Å². The second-order valence-corrected chi connectivity index (χ2v) is 6.43. The number of rotatable bonds is 6. The number of hydrogen-bond acceptors (Lipinski definition) is 2. The number of hydrogen-bond donors (Lipinski definition) is 1. The Labute approximate surface area is 136 Å². The van der Waals surface area contributed by atoms with Gasteiger partial charge < -0.3 is 10.6 Å². The molecule has 0 amide bonds. The van der Waals surface area contributed by atoms with Crippen LogP contribution < -0.4 is 10.6 Å². The molecule has 2 aromatic rings. The van der Waals surface area contributed by atoms with Crippen molar-refractivity contribution < 1.29 is 0 Å². The van der Waals surface area contributed by atoms with E-state index in [1.807, 2.05) is 0 Å². The lowest BCUT2D eigenvalue weighted by Crippen LogP contribution is -2.31. The van der Waals surface area contributed by atoms with Gasteiger partial charge in [0.25, 0.3) is 0 Å². The molecule has 2 N–H and O–H groups in total. The molecule has 2 aromatic carbocycles. The van der Waals surface area contributed by atoms with Gasteiger partial charge in [0.1, 0.15) is 0 Å². The summed E-state index contributed by atoms with van der Waals surface area (Å²) in [5, 5.41) is 0. The highest BCUT2D eigenvalue weighted by atomic mass is 79.9. The van der Waals surface area contributed by atoms with Crippen LogP contribution in [0.1, 0.15) is 25.0 Å². The summed E-state index contributed by atoms with van der Waals surface area (Å²) in [7, 11) is 0. The Bertz CT molecular complexity index is 567. The summed E-state index contributed by atoms with van der Waals surface area (Å²) in [4.78, 5) is 2.44. The summed E-state index contributed by atoms with van der Waals surface area (Å²) in [6, 6.07) is 17.5. The van der Waals surface area contributed by atoms with Gasteiger partial charge in [-0.1, -0.05) is 52.3 Å². The Morgan fingerprint density at radius 1 is 1.10 bits per heavy atom. The van der Waals surface area contributed by atoms with Gasteiger partial charge in [-0.25, -0.2) is 0 Å². The Morgan fingerprint density at radius 3 is 2.43 bits per heavy atom. The zero-order valence-electron chi connectivity index (χ0n) is 12.7. The van der Waals surface area contributed by atoms with E-state index in [-0.39, 0.29) is 0 Å². The summed E-state index contributed by atoms with van der Waals surface area (Å²) in [5.74, 6) is 0. The third-order valence-electron chi connectivity index (χ3n) is 3.59. The molecule has 0 unspecified atom stereocenters. The largest absolute Gasteiger partial charge is 0.365 e. The van der Waals surface area contributed by atoms with Gasteiger partial charge in [0.15, 0.2) is 0 Å². The monoisotopic (exact) mass is 346 g/mol. The molecule has 0 aliphatic rings. The second kappa shape index (κ2) is 7.62. The minimum atomic E-state index is 0.427. The van der Waals surface area contributed by atoms with Crippen LogP contribution in [0.25, 0.3) is 0 Å². The van der Waals surface area contributed by atoms with Gasteiger partial charge in [0, 0.05) is 22.7 Å². The molecule has 0 radical (unpaired) electrons.